The Bertz CT molecular complexity index is 797. The number of ether oxygens (including phenoxy) is 1. The van der Waals surface area contributed by atoms with Crippen LogP contribution in [-0.4, -0.2) is 50.2 Å². The molecule has 0 saturated carbocycles. The Morgan fingerprint density at radius 2 is 2.04 bits per heavy atom. The van der Waals surface area contributed by atoms with Gasteiger partial charge in [-0.05, 0) is 12.0 Å². The summed E-state index contributed by atoms with van der Waals surface area (Å²) in [7, 11) is 0. The first-order valence-corrected chi connectivity index (χ1v) is 7.89. The Labute approximate surface area is 147 Å². The molecule has 0 aliphatic carbocycles. The summed E-state index contributed by atoms with van der Waals surface area (Å²) in [5.74, 6) is -1.57. The van der Waals surface area contributed by atoms with Crippen molar-refractivity contribution in [1.82, 2.24) is 19.9 Å². The molecule has 26 heavy (non-hydrogen) atoms. The van der Waals surface area contributed by atoms with Gasteiger partial charge in [-0.1, -0.05) is 35.5 Å². The number of likely N-dealkylation sites (tertiary alicyclic amines) is 1. The van der Waals surface area contributed by atoms with Crippen molar-refractivity contribution in [3.63, 3.8) is 0 Å². The quantitative estimate of drug-likeness (QED) is 0.873. The lowest BCUT2D eigenvalue weighted by atomic mass is 10.2. The highest BCUT2D eigenvalue weighted by Gasteiger charge is 2.35. The summed E-state index contributed by atoms with van der Waals surface area (Å²) >= 11 is 0. The van der Waals surface area contributed by atoms with Crippen molar-refractivity contribution in [2.24, 2.45) is 0 Å². The molecular formula is C16H16F2N4O4. The third-order valence-electron chi connectivity index (χ3n) is 4.11. The zero-order chi connectivity index (χ0) is 18.7. The number of carboxylic acid groups (broad SMARTS) is 1. The summed E-state index contributed by atoms with van der Waals surface area (Å²) < 4.78 is 32.6. The molecule has 138 valence electrons. The molecule has 2 aromatic rings. The molecule has 1 aromatic heterocycles. The molecule has 3 rings (SSSR count). The maximum Gasteiger partial charge on any atom is 0.410 e. The van der Waals surface area contributed by atoms with Crippen LogP contribution < -0.4 is 0 Å². The third-order valence-corrected chi connectivity index (χ3v) is 4.11. The first kappa shape index (κ1) is 17.8. The monoisotopic (exact) mass is 366 g/mol. The van der Waals surface area contributed by atoms with Gasteiger partial charge in [-0.2, -0.15) is 0 Å². The molecule has 1 aliphatic heterocycles. The Kier molecular flexibility index (Phi) is 5.10. The van der Waals surface area contributed by atoms with Gasteiger partial charge in [0, 0.05) is 13.1 Å². The number of amides is 1. The number of rotatable bonds is 5. The van der Waals surface area contributed by atoms with Crippen LogP contribution in [0.4, 0.5) is 13.6 Å². The Morgan fingerprint density at radius 3 is 2.69 bits per heavy atom. The van der Waals surface area contributed by atoms with E-state index in [1.807, 2.05) is 30.3 Å². The van der Waals surface area contributed by atoms with Gasteiger partial charge in [0.25, 0.3) is 6.43 Å². The van der Waals surface area contributed by atoms with Crippen molar-refractivity contribution in [2.75, 3.05) is 13.1 Å². The predicted molar refractivity (Wildman–Crippen MR) is 83.8 cm³/mol. The van der Waals surface area contributed by atoms with E-state index in [1.54, 1.807) is 0 Å². The Hall–Kier alpha value is -3.04. The van der Waals surface area contributed by atoms with E-state index in [2.05, 4.69) is 10.3 Å². The molecule has 0 radical (unpaired) electrons. The fourth-order valence-corrected chi connectivity index (χ4v) is 2.84. The molecule has 0 bridgehead atoms. The smallest absolute Gasteiger partial charge is 0.410 e. The molecule has 10 heteroatoms. The van der Waals surface area contributed by atoms with Crippen LogP contribution >= 0.6 is 0 Å². The lowest BCUT2D eigenvalue weighted by molar-refractivity contribution is 0.0674. The largest absolute Gasteiger partial charge is 0.476 e. The summed E-state index contributed by atoms with van der Waals surface area (Å²) in [6, 6.07) is 8.55. The van der Waals surface area contributed by atoms with Gasteiger partial charge < -0.3 is 14.7 Å². The SMILES string of the molecule is O=C(O)c1nnn(C2CCN(C(=O)OCc3ccccc3)C2)c1C(F)F. The van der Waals surface area contributed by atoms with E-state index in [0.29, 0.717) is 13.0 Å². The van der Waals surface area contributed by atoms with E-state index in [4.69, 9.17) is 9.84 Å². The summed E-state index contributed by atoms with van der Waals surface area (Å²) in [6.07, 6.45) is -3.24. The normalized spacial score (nSPS) is 16.9. The maximum absolute atomic E-state index is 13.2. The molecule has 1 atom stereocenters. The van der Waals surface area contributed by atoms with Crippen LogP contribution in [0.1, 0.15) is 40.6 Å². The van der Waals surface area contributed by atoms with E-state index in [1.165, 1.54) is 4.90 Å². The topological polar surface area (TPSA) is 97.5 Å². The Morgan fingerprint density at radius 1 is 1.31 bits per heavy atom. The summed E-state index contributed by atoms with van der Waals surface area (Å²) in [5, 5.41) is 15.8. The van der Waals surface area contributed by atoms with Crippen molar-refractivity contribution >= 4 is 12.1 Å². The predicted octanol–water partition coefficient (Wildman–Crippen LogP) is 2.50. The highest BCUT2D eigenvalue weighted by Crippen LogP contribution is 2.29. The van der Waals surface area contributed by atoms with Crippen molar-refractivity contribution < 1.29 is 28.2 Å². The van der Waals surface area contributed by atoms with E-state index in [0.717, 1.165) is 10.2 Å². The number of aromatic carboxylic acids is 1. The van der Waals surface area contributed by atoms with Gasteiger partial charge in [-0.15, -0.1) is 5.10 Å². The van der Waals surface area contributed by atoms with Crippen molar-refractivity contribution in [2.45, 2.75) is 25.5 Å². The van der Waals surface area contributed by atoms with Gasteiger partial charge >= 0.3 is 12.1 Å². The molecule has 1 unspecified atom stereocenters. The molecule has 1 N–H and O–H groups in total. The van der Waals surface area contributed by atoms with Crippen LogP contribution in [0.25, 0.3) is 0 Å². The van der Waals surface area contributed by atoms with E-state index < -0.39 is 35.9 Å². The van der Waals surface area contributed by atoms with Crippen LogP contribution in [0.3, 0.4) is 0 Å². The molecule has 8 nitrogen and oxygen atoms in total. The number of carbonyl (C=O) groups excluding carboxylic acids is 1. The van der Waals surface area contributed by atoms with Crippen molar-refractivity contribution in [3.05, 3.63) is 47.3 Å². The number of benzene rings is 1. The van der Waals surface area contributed by atoms with Gasteiger partial charge in [-0.3, -0.25) is 0 Å². The Balaban J connectivity index is 1.65. The minimum absolute atomic E-state index is 0.0930. The standard InChI is InChI=1S/C16H16F2N4O4/c17-14(18)13-12(15(23)24)19-20-22(13)11-6-7-21(8-11)16(25)26-9-10-4-2-1-3-5-10/h1-5,11,14H,6-9H2,(H,23,24). The van der Waals surface area contributed by atoms with Gasteiger partial charge in [0.1, 0.15) is 12.3 Å². The number of hydrogen-bond donors (Lipinski definition) is 1. The highest BCUT2D eigenvalue weighted by molar-refractivity contribution is 5.86. The summed E-state index contributed by atoms with van der Waals surface area (Å²) in [6.45, 7) is 0.495. The fraction of sp³-hybridized carbons (Fsp3) is 0.375. The molecule has 1 saturated heterocycles. The van der Waals surface area contributed by atoms with Crippen LogP contribution in [0, 0.1) is 0 Å². The van der Waals surface area contributed by atoms with E-state index >= 15 is 0 Å². The number of carboxylic acids is 1. The van der Waals surface area contributed by atoms with Gasteiger partial charge in [0.2, 0.25) is 0 Å². The zero-order valence-electron chi connectivity index (χ0n) is 13.6. The van der Waals surface area contributed by atoms with E-state index in [-0.39, 0.29) is 13.2 Å². The summed E-state index contributed by atoms with van der Waals surface area (Å²) in [5.41, 5.74) is -0.689. The average molecular weight is 366 g/mol. The number of aromatic nitrogens is 3. The molecule has 1 aliphatic rings. The van der Waals surface area contributed by atoms with Crippen molar-refractivity contribution in [3.8, 4) is 0 Å². The first-order chi connectivity index (χ1) is 12.5. The van der Waals surface area contributed by atoms with Gasteiger partial charge in [-0.25, -0.2) is 23.1 Å². The number of halogens is 2. The minimum atomic E-state index is -3.03. The van der Waals surface area contributed by atoms with Gasteiger partial charge in [0.05, 0.1) is 6.04 Å². The lowest BCUT2D eigenvalue weighted by Gasteiger charge is -2.17. The lowest BCUT2D eigenvalue weighted by Crippen LogP contribution is -2.30. The number of alkyl halides is 2. The average Bonchev–Trinajstić information content (AvgIpc) is 3.27. The molecule has 2 heterocycles. The van der Waals surface area contributed by atoms with Crippen LogP contribution in [0.15, 0.2) is 30.3 Å². The highest BCUT2D eigenvalue weighted by atomic mass is 19.3. The second-order valence-corrected chi connectivity index (χ2v) is 5.80. The molecule has 0 spiro atoms. The molecular weight excluding hydrogens is 350 g/mol. The second-order valence-electron chi connectivity index (χ2n) is 5.80. The third kappa shape index (κ3) is 3.63. The summed E-state index contributed by atoms with van der Waals surface area (Å²) in [4.78, 5) is 24.5. The van der Waals surface area contributed by atoms with Crippen LogP contribution in [-0.2, 0) is 11.3 Å². The van der Waals surface area contributed by atoms with Crippen LogP contribution in [0.2, 0.25) is 0 Å². The van der Waals surface area contributed by atoms with Gasteiger partial charge in [0.15, 0.2) is 5.69 Å². The second kappa shape index (κ2) is 7.46. The number of hydrogen-bond acceptors (Lipinski definition) is 5. The number of carbonyl (C=O) groups is 2. The number of nitrogens with zero attached hydrogens (tertiary/aromatic N) is 4. The van der Waals surface area contributed by atoms with E-state index in [9.17, 15) is 18.4 Å². The molecule has 1 aromatic carbocycles. The minimum Gasteiger partial charge on any atom is -0.476 e. The van der Waals surface area contributed by atoms with Crippen LogP contribution in [0.5, 0.6) is 0 Å². The van der Waals surface area contributed by atoms with Crippen molar-refractivity contribution in [1.29, 1.82) is 0 Å². The molecule has 1 fully saturated rings. The maximum atomic E-state index is 13.2. The molecule has 1 amide bonds. The zero-order valence-corrected chi connectivity index (χ0v) is 13.6. The fourth-order valence-electron chi connectivity index (χ4n) is 2.84. The first-order valence-electron chi connectivity index (χ1n) is 7.89.